The first-order valence-corrected chi connectivity index (χ1v) is 3.57. The number of hydrogen-bond donors (Lipinski definition) is 1. The molecule has 0 fully saturated rings. The average molecular weight is 200 g/mol. The summed E-state index contributed by atoms with van der Waals surface area (Å²) in [5.74, 6) is -2.52. The fourth-order valence-electron chi connectivity index (χ4n) is 0.820. The van der Waals surface area contributed by atoms with Gasteiger partial charge >= 0.3 is 5.97 Å². The molecule has 0 aliphatic rings. The number of carboxylic acids is 1. The van der Waals surface area contributed by atoms with Gasteiger partial charge in [-0.1, -0.05) is 11.6 Å². The standard InChI is InChI=1S/C8H3ClFNO2/c9-6-2-1-4(8(12)13)7(10)5(6)3-11/h1-2H,(H,12,13). The highest BCUT2D eigenvalue weighted by atomic mass is 35.5. The van der Waals surface area contributed by atoms with Crippen molar-refractivity contribution in [2.45, 2.75) is 0 Å². The Morgan fingerprint density at radius 3 is 2.69 bits per heavy atom. The lowest BCUT2D eigenvalue weighted by Gasteiger charge is -2.00. The molecule has 1 aromatic carbocycles. The smallest absolute Gasteiger partial charge is 0.338 e. The van der Waals surface area contributed by atoms with E-state index in [9.17, 15) is 9.18 Å². The molecule has 5 heteroatoms. The van der Waals surface area contributed by atoms with E-state index >= 15 is 0 Å². The second-order valence-electron chi connectivity index (χ2n) is 2.20. The van der Waals surface area contributed by atoms with E-state index in [1.54, 1.807) is 0 Å². The van der Waals surface area contributed by atoms with Gasteiger partial charge in [-0.25, -0.2) is 9.18 Å². The van der Waals surface area contributed by atoms with E-state index in [-0.39, 0.29) is 5.02 Å². The third-order valence-electron chi connectivity index (χ3n) is 1.43. The Morgan fingerprint density at radius 2 is 2.23 bits per heavy atom. The summed E-state index contributed by atoms with van der Waals surface area (Å²) in [7, 11) is 0. The monoisotopic (exact) mass is 199 g/mol. The van der Waals surface area contributed by atoms with Crippen LogP contribution in [0.25, 0.3) is 0 Å². The van der Waals surface area contributed by atoms with E-state index in [1.165, 1.54) is 12.1 Å². The maximum Gasteiger partial charge on any atom is 0.338 e. The minimum absolute atomic E-state index is 0.0926. The van der Waals surface area contributed by atoms with Crippen LogP contribution >= 0.6 is 11.6 Å². The Balaban J connectivity index is 3.47. The molecule has 3 nitrogen and oxygen atoms in total. The van der Waals surface area contributed by atoms with Gasteiger partial charge in [-0.2, -0.15) is 5.26 Å². The van der Waals surface area contributed by atoms with Crippen LogP contribution in [-0.4, -0.2) is 11.1 Å². The topological polar surface area (TPSA) is 61.1 Å². The number of nitrogens with zero attached hydrogens (tertiary/aromatic N) is 1. The summed E-state index contributed by atoms with van der Waals surface area (Å²) in [6.45, 7) is 0. The molecule has 0 saturated carbocycles. The fourth-order valence-corrected chi connectivity index (χ4v) is 1.01. The predicted octanol–water partition coefficient (Wildman–Crippen LogP) is 2.05. The number of benzene rings is 1. The molecule has 13 heavy (non-hydrogen) atoms. The molecule has 0 amide bonds. The zero-order chi connectivity index (χ0) is 10.0. The number of carbonyl (C=O) groups is 1. The molecule has 0 radical (unpaired) electrons. The van der Waals surface area contributed by atoms with Gasteiger partial charge in [0.15, 0.2) is 5.82 Å². The van der Waals surface area contributed by atoms with Gasteiger partial charge in [-0.15, -0.1) is 0 Å². The quantitative estimate of drug-likeness (QED) is 0.753. The molecule has 0 unspecified atom stereocenters. The normalized spacial score (nSPS) is 9.31. The minimum Gasteiger partial charge on any atom is -0.478 e. The van der Waals surface area contributed by atoms with Gasteiger partial charge in [0.2, 0.25) is 0 Å². The summed E-state index contributed by atoms with van der Waals surface area (Å²) in [6.07, 6.45) is 0. The summed E-state index contributed by atoms with van der Waals surface area (Å²) in [6, 6.07) is 3.68. The zero-order valence-electron chi connectivity index (χ0n) is 6.21. The lowest BCUT2D eigenvalue weighted by atomic mass is 10.1. The number of hydrogen-bond acceptors (Lipinski definition) is 2. The molecule has 0 atom stereocenters. The van der Waals surface area contributed by atoms with Gasteiger partial charge in [0.25, 0.3) is 0 Å². The molecule has 0 aliphatic carbocycles. The molecule has 0 aliphatic heterocycles. The molecule has 1 aromatic rings. The lowest BCUT2D eigenvalue weighted by Crippen LogP contribution is -2.02. The lowest BCUT2D eigenvalue weighted by molar-refractivity contribution is 0.0692. The predicted molar refractivity (Wildman–Crippen MR) is 43.1 cm³/mol. The molecule has 1 N–H and O–H groups in total. The number of aromatic carboxylic acids is 1. The van der Waals surface area contributed by atoms with Crippen LogP contribution in [0.5, 0.6) is 0 Å². The first-order valence-electron chi connectivity index (χ1n) is 3.19. The summed E-state index contributed by atoms with van der Waals surface area (Å²) < 4.78 is 13.1. The fraction of sp³-hybridized carbons (Fsp3) is 0. The van der Waals surface area contributed by atoms with Gasteiger partial charge in [0.1, 0.15) is 11.6 Å². The molecule has 0 saturated heterocycles. The Morgan fingerprint density at radius 1 is 1.62 bits per heavy atom. The van der Waals surface area contributed by atoms with E-state index in [2.05, 4.69) is 0 Å². The van der Waals surface area contributed by atoms with Gasteiger partial charge in [0, 0.05) is 0 Å². The summed E-state index contributed by atoms with van der Waals surface area (Å²) in [4.78, 5) is 10.4. The van der Waals surface area contributed by atoms with Crippen LogP contribution < -0.4 is 0 Å². The van der Waals surface area contributed by atoms with Crippen molar-refractivity contribution in [1.29, 1.82) is 5.26 Å². The summed E-state index contributed by atoms with van der Waals surface area (Å²) in [5.41, 5.74) is -0.998. The Bertz CT molecular complexity index is 411. The highest BCUT2D eigenvalue weighted by Crippen LogP contribution is 2.21. The first kappa shape index (κ1) is 9.49. The average Bonchev–Trinajstić information content (AvgIpc) is 2.04. The Kier molecular flexibility index (Phi) is 2.49. The molecule has 0 heterocycles. The number of carboxylic acid groups (broad SMARTS) is 1. The van der Waals surface area contributed by atoms with Crippen molar-refractivity contribution < 1.29 is 14.3 Å². The second-order valence-corrected chi connectivity index (χ2v) is 2.61. The van der Waals surface area contributed by atoms with Crippen LogP contribution in [0.1, 0.15) is 15.9 Å². The highest BCUT2D eigenvalue weighted by Gasteiger charge is 2.16. The minimum atomic E-state index is -1.43. The van der Waals surface area contributed by atoms with Crippen LogP contribution in [0.4, 0.5) is 4.39 Å². The third kappa shape index (κ3) is 1.60. The SMILES string of the molecule is N#Cc1c(Cl)ccc(C(=O)O)c1F. The molecule has 66 valence electrons. The number of halogens is 2. The Labute approximate surface area is 78.0 Å². The Hall–Kier alpha value is -1.60. The van der Waals surface area contributed by atoms with Crippen molar-refractivity contribution in [3.05, 3.63) is 34.1 Å². The molecule has 0 aromatic heterocycles. The second kappa shape index (κ2) is 3.42. The van der Waals surface area contributed by atoms with Crippen LogP contribution in [-0.2, 0) is 0 Å². The largest absolute Gasteiger partial charge is 0.478 e. The first-order chi connectivity index (χ1) is 6.07. The zero-order valence-corrected chi connectivity index (χ0v) is 6.97. The van der Waals surface area contributed by atoms with E-state index in [0.717, 1.165) is 6.07 Å². The molecule has 0 spiro atoms. The van der Waals surface area contributed by atoms with Crippen LogP contribution in [0.3, 0.4) is 0 Å². The van der Waals surface area contributed by atoms with Gasteiger partial charge in [-0.05, 0) is 12.1 Å². The van der Waals surface area contributed by atoms with Crippen molar-refractivity contribution in [1.82, 2.24) is 0 Å². The molecule has 0 bridgehead atoms. The van der Waals surface area contributed by atoms with Crippen molar-refractivity contribution >= 4 is 17.6 Å². The van der Waals surface area contributed by atoms with E-state index in [4.69, 9.17) is 22.0 Å². The summed E-state index contributed by atoms with van der Waals surface area (Å²) in [5, 5.41) is 16.8. The van der Waals surface area contributed by atoms with E-state index in [1.807, 2.05) is 0 Å². The number of rotatable bonds is 1. The van der Waals surface area contributed by atoms with E-state index in [0.29, 0.717) is 0 Å². The van der Waals surface area contributed by atoms with Gasteiger partial charge in [0.05, 0.1) is 10.6 Å². The van der Waals surface area contributed by atoms with E-state index < -0.39 is 22.9 Å². The van der Waals surface area contributed by atoms with Crippen LogP contribution in [0.15, 0.2) is 12.1 Å². The van der Waals surface area contributed by atoms with Gasteiger partial charge in [-0.3, -0.25) is 0 Å². The molecular weight excluding hydrogens is 197 g/mol. The third-order valence-corrected chi connectivity index (χ3v) is 1.75. The van der Waals surface area contributed by atoms with Crippen LogP contribution in [0, 0.1) is 17.1 Å². The maximum atomic E-state index is 13.1. The van der Waals surface area contributed by atoms with Crippen molar-refractivity contribution in [3.8, 4) is 6.07 Å². The number of nitriles is 1. The maximum absolute atomic E-state index is 13.1. The van der Waals surface area contributed by atoms with Crippen LogP contribution in [0.2, 0.25) is 5.02 Å². The van der Waals surface area contributed by atoms with Gasteiger partial charge < -0.3 is 5.11 Å². The molecule has 1 rings (SSSR count). The summed E-state index contributed by atoms with van der Waals surface area (Å²) >= 11 is 5.45. The van der Waals surface area contributed by atoms with Crippen molar-refractivity contribution in [3.63, 3.8) is 0 Å². The van der Waals surface area contributed by atoms with Crippen molar-refractivity contribution in [2.24, 2.45) is 0 Å². The molecular formula is C8H3ClFNO2. The van der Waals surface area contributed by atoms with Crippen molar-refractivity contribution in [2.75, 3.05) is 0 Å². The highest BCUT2D eigenvalue weighted by molar-refractivity contribution is 6.31.